The average Bonchev–Trinajstić information content (AvgIpc) is 3.17. The highest BCUT2D eigenvalue weighted by molar-refractivity contribution is 9.10. The smallest absolute Gasteiger partial charge is 0.244 e. The first-order chi connectivity index (χ1) is 15.0. The predicted octanol–water partition coefficient (Wildman–Crippen LogP) is 5.02. The van der Waals surface area contributed by atoms with Gasteiger partial charge in [0.05, 0.1) is 12.3 Å². The molecule has 0 unspecified atom stereocenters. The summed E-state index contributed by atoms with van der Waals surface area (Å²) in [6.07, 6.45) is 3.09. The lowest BCUT2D eigenvalue weighted by molar-refractivity contribution is -0.116. The number of ketones is 1. The van der Waals surface area contributed by atoms with Crippen LogP contribution >= 0.6 is 39.3 Å². The summed E-state index contributed by atoms with van der Waals surface area (Å²) in [6.45, 7) is 2.82. The largest absolute Gasteiger partial charge is 0.345 e. The quantitative estimate of drug-likeness (QED) is 0.244. The first-order valence-electron chi connectivity index (χ1n) is 9.52. The minimum atomic E-state index is -0.259. The van der Waals surface area contributed by atoms with E-state index >= 15 is 0 Å². The number of carbonyl (C=O) groups is 2. The number of hydrogen-bond acceptors (Lipinski definition) is 5. The fraction of sp³-hybridized carbons (Fsp3) is 0.182. The summed E-state index contributed by atoms with van der Waals surface area (Å²) in [4.78, 5) is 24.5. The summed E-state index contributed by atoms with van der Waals surface area (Å²) in [5.74, 6) is 0.640. The Morgan fingerprint density at radius 1 is 1.16 bits per heavy atom. The van der Waals surface area contributed by atoms with Crippen LogP contribution in [0.1, 0.15) is 28.7 Å². The van der Waals surface area contributed by atoms with Crippen molar-refractivity contribution in [3.05, 3.63) is 81.1 Å². The molecule has 1 amide bonds. The Morgan fingerprint density at radius 3 is 2.61 bits per heavy atom. The van der Waals surface area contributed by atoms with Gasteiger partial charge < -0.3 is 9.88 Å². The van der Waals surface area contributed by atoms with Gasteiger partial charge in [-0.2, -0.15) is 0 Å². The van der Waals surface area contributed by atoms with E-state index in [9.17, 15) is 9.59 Å². The topological polar surface area (TPSA) is 76.9 Å². The molecule has 1 heterocycles. The highest BCUT2D eigenvalue weighted by Gasteiger charge is 2.14. The third-order valence-electron chi connectivity index (χ3n) is 4.35. The monoisotopic (exact) mass is 518 g/mol. The van der Waals surface area contributed by atoms with E-state index in [-0.39, 0.29) is 24.0 Å². The summed E-state index contributed by atoms with van der Waals surface area (Å²) in [6, 6.07) is 14.5. The number of rotatable bonds is 9. The molecule has 9 heteroatoms. The molecule has 0 saturated heterocycles. The molecule has 0 aliphatic heterocycles. The van der Waals surface area contributed by atoms with Gasteiger partial charge in [-0.25, -0.2) is 0 Å². The molecule has 6 nitrogen and oxygen atoms in total. The lowest BCUT2D eigenvalue weighted by Crippen LogP contribution is -2.22. The molecule has 0 spiro atoms. The SMILES string of the molecule is CCn1c(CNC(=O)/C=C/c2ccccc2Cl)nnc1SCC(=O)c1ccc(Br)cc1. The fourth-order valence-electron chi connectivity index (χ4n) is 2.72. The number of benzene rings is 2. The van der Waals surface area contributed by atoms with Crippen LogP contribution in [0.3, 0.4) is 0 Å². The van der Waals surface area contributed by atoms with Crippen LogP contribution in [0.4, 0.5) is 0 Å². The van der Waals surface area contributed by atoms with Crippen molar-refractivity contribution in [3.63, 3.8) is 0 Å². The molecule has 160 valence electrons. The number of nitrogens with one attached hydrogen (secondary N) is 1. The van der Waals surface area contributed by atoms with Crippen LogP contribution < -0.4 is 5.32 Å². The molecule has 0 fully saturated rings. The molecule has 0 aliphatic carbocycles. The molecule has 3 aromatic rings. The van der Waals surface area contributed by atoms with E-state index in [2.05, 4.69) is 31.4 Å². The molecule has 1 N–H and O–H groups in total. The van der Waals surface area contributed by atoms with Crippen LogP contribution in [0.2, 0.25) is 5.02 Å². The van der Waals surface area contributed by atoms with Gasteiger partial charge in [0.1, 0.15) is 0 Å². The van der Waals surface area contributed by atoms with E-state index in [1.165, 1.54) is 17.8 Å². The van der Waals surface area contributed by atoms with Crippen molar-refractivity contribution in [2.24, 2.45) is 0 Å². The lowest BCUT2D eigenvalue weighted by atomic mass is 10.2. The highest BCUT2D eigenvalue weighted by Crippen LogP contribution is 2.20. The number of halogens is 2. The summed E-state index contributed by atoms with van der Waals surface area (Å²) in [5, 5.41) is 12.4. The summed E-state index contributed by atoms with van der Waals surface area (Å²) < 4.78 is 2.81. The van der Waals surface area contributed by atoms with E-state index in [4.69, 9.17) is 11.6 Å². The van der Waals surface area contributed by atoms with Crippen molar-refractivity contribution in [1.82, 2.24) is 20.1 Å². The molecule has 1 aromatic heterocycles. The molecule has 0 radical (unpaired) electrons. The van der Waals surface area contributed by atoms with Crippen molar-refractivity contribution in [2.45, 2.75) is 25.2 Å². The van der Waals surface area contributed by atoms with Crippen LogP contribution in [-0.2, 0) is 17.9 Å². The zero-order valence-corrected chi connectivity index (χ0v) is 19.9. The van der Waals surface area contributed by atoms with Gasteiger partial charge in [-0.3, -0.25) is 9.59 Å². The first-order valence-corrected chi connectivity index (χ1v) is 11.7. The maximum atomic E-state index is 12.4. The Kier molecular flexibility index (Phi) is 8.45. The Hall–Kier alpha value is -2.42. The molecule has 0 saturated carbocycles. The Morgan fingerprint density at radius 2 is 1.90 bits per heavy atom. The molecule has 31 heavy (non-hydrogen) atoms. The second kappa shape index (κ2) is 11.3. The molecule has 3 rings (SSSR count). The highest BCUT2D eigenvalue weighted by atomic mass is 79.9. The van der Waals surface area contributed by atoms with Crippen molar-refractivity contribution in [1.29, 1.82) is 0 Å². The van der Waals surface area contributed by atoms with E-state index in [1.54, 1.807) is 24.3 Å². The maximum Gasteiger partial charge on any atom is 0.244 e. The van der Waals surface area contributed by atoms with Crippen LogP contribution in [0.5, 0.6) is 0 Å². The van der Waals surface area contributed by atoms with Crippen molar-refractivity contribution in [3.8, 4) is 0 Å². The number of aromatic nitrogens is 3. The van der Waals surface area contributed by atoms with Gasteiger partial charge in [0, 0.05) is 27.7 Å². The van der Waals surface area contributed by atoms with Gasteiger partial charge in [0.15, 0.2) is 16.8 Å². The van der Waals surface area contributed by atoms with Crippen LogP contribution in [0, 0.1) is 0 Å². The average molecular weight is 520 g/mol. The van der Waals surface area contributed by atoms with Crippen LogP contribution in [0.25, 0.3) is 6.08 Å². The van der Waals surface area contributed by atoms with Crippen molar-refractivity contribution < 1.29 is 9.59 Å². The Bertz CT molecular complexity index is 1100. The maximum absolute atomic E-state index is 12.4. The van der Waals surface area contributed by atoms with Gasteiger partial charge in [-0.15, -0.1) is 10.2 Å². The first kappa shape index (κ1) is 23.2. The molecular weight excluding hydrogens is 500 g/mol. The Balaban J connectivity index is 1.57. The van der Waals surface area contributed by atoms with Crippen LogP contribution in [-0.4, -0.2) is 32.2 Å². The zero-order chi connectivity index (χ0) is 22.2. The van der Waals surface area contributed by atoms with E-state index in [0.29, 0.717) is 28.1 Å². The summed E-state index contributed by atoms with van der Waals surface area (Å²) in [7, 11) is 0. The third kappa shape index (κ3) is 6.53. The Labute approximate surface area is 198 Å². The second-order valence-corrected chi connectivity index (χ2v) is 8.70. The second-order valence-electron chi connectivity index (χ2n) is 6.43. The van der Waals surface area contributed by atoms with Gasteiger partial charge in [-0.1, -0.05) is 69.6 Å². The number of hydrogen-bond donors (Lipinski definition) is 1. The van der Waals surface area contributed by atoms with Gasteiger partial charge in [-0.05, 0) is 36.8 Å². The van der Waals surface area contributed by atoms with Crippen molar-refractivity contribution >= 4 is 57.1 Å². The molecule has 0 atom stereocenters. The van der Waals surface area contributed by atoms with E-state index in [1.807, 2.05) is 41.8 Å². The molecule has 2 aromatic carbocycles. The van der Waals surface area contributed by atoms with Gasteiger partial charge >= 0.3 is 0 Å². The standard InChI is InChI=1S/C22H20BrClN4O2S/c1-2-28-20(13-25-21(30)12-9-15-5-3-4-6-18(15)24)26-27-22(28)31-14-19(29)16-7-10-17(23)11-8-16/h3-12H,2,13-14H2,1H3,(H,25,30)/b12-9+. The van der Waals surface area contributed by atoms with E-state index in [0.717, 1.165) is 10.0 Å². The number of carbonyl (C=O) groups excluding carboxylic acids is 2. The minimum absolute atomic E-state index is 0.0164. The number of amides is 1. The predicted molar refractivity (Wildman–Crippen MR) is 127 cm³/mol. The summed E-state index contributed by atoms with van der Waals surface area (Å²) in [5.41, 5.74) is 1.42. The molecule has 0 bridgehead atoms. The van der Waals surface area contributed by atoms with Gasteiger partial charge in [0.25, 0.3) is 0 Å². The number of thioether (sulfide) groups is 1. The third-order valence-corrected chi connectivity index (χ3v) is 6.19. The molecule has 0 aliphatic rings. The summed E-state index contributed by atoms with van der Waals surface area (Å²) >= 11 is 10.8. The zero-order valence-electron chi connectivity index (χ0n) is 16.7. The number of Topliss-reactive ketones (excluding diaryl/α,β-unsaturated/α-hetero) is 1. The van der Waals surface area contributed by atoms with Crippen LogP contribution in [0.15, 0.2) is 64.2 Å². The lowest BCUT2D eigenvalue weighted by Gasteiger charge is -2.07. The van der Waals surface area contributed by atoms with Crippen molar-refractivity contribution in [2.75, 3.05) is 5.75 Å². The minimum Gasteiger partial charge on any atom is -0.345 e. The fourth-order valence-corrected chi connectivity index (χ4v) is 4.10. The molecular formula is C22H20BrClN4O2S. The number of nitrogens with zero attached hydrogens (tertiary/aromatic N) is 3. The van der Waals surface area contributed by atoms with Gasteiger partial charge in [0.2, 0.25) is 5.91 Å². The normalized spacial score (nSPS) is 11.1. The van der Waals surface area contributed by atoms with E-state index < -0.39 is 0 Å².